The Morgan fingerprint density at radius 3 is 3.06 bits per heavy atom. The molecular weight excluding hydrogens is 226 g/mol. The molecule has 1 aromatic rings. The first-order valence-electron chi connectivity index (χ1n) is 5.62. The van der Waals surface area contributed by atoms with Crippen molar-refractivity contribution in [2.24, 2.45) is 5.92 Å². The average Bonchev–Trinajstić information content (AvgIpc) is 2.75. The number of piperidine rings is 1. The summed E-state index contributed by atoms with van der Waals surface area (Å²) < 4.78 is 5.34. The van der Waals surface area contributed by atoms with Gasteiger partial charge in [-0.25, -0.2) is 0 Å². The Hall–Kier alpha value is -0.960. The van der Waals surface area contributed by atoms with Crippen LogP contribution in [0.1, 0.15) is 29.2 Å². The van der Waals surface area contributed by atoms with E-state index >= 15 is 0 Å². The molecule has 2 heterocycles. The van der Waals surface area contributed by atoms with Crippen molar-refractivity contribution in [1.29, 1.82) is 0 Å². The summed E-state index contributed by atoms with van der Waals surface area (Å²) in [5.41, 5.74) is 0. The number of likely N-dealkylation sites (tertiary alicyclic amines) is 1. The minimum absolute atomic E-state index is 0.0112. The Morgan fingerprint density at radius 2 is 2.44 bits per heavy atom. The van der Waals surface area contributed by atoms with Gasteiger partial charge in [0, 0.05) is 19.0 Å². The van der Waals surface area contributed by atoms with Crippen LogP contribution in [-0.4, -0.2) is 29.8 Å². The van der Waals surface area contributed by atoms with Gasteiger partial charge in [-0.1, -0.05) is 0 Å². The van der Waals surface area contributed by atoms with Crippen molar-refractivity contribution in [3.8, 4) is 0 Å². The predicted octanol–water partition coefficient (Wildman–Crippen LogP) is 2.68. The molecule has 0 N–H and O–H groups in total. The maximum atomic E-state index is 12.1. The number of furan rings is 1. The lowest BCUT2D eigenvalue weighted by atomic mass is 10.00. The zero-order valence-electron chi connectivity index (χ0n) is 9.41. The molecule has 0 aromatic carbocycles. The summed E-state index contributed by atoms with van der Waals surface area (Å²) >= 11 is 5.84. The van der Waals surface area contributed by atoms with Crippen LogP contribution in [0.25, 0.3) is 0 Å². The summed E-state index contributed by atoms with van der Waals surface area (Å²) in [7, 11) is 0. The van der Waals surface area contributed by atoms with Crippen molar-refractivity contribution in [3.63, 3.8) is 0 Å². The number of nitrogens with zero attached hydrogens (tertiary/aromatic N) is 1. The third-order valence-electron chi connectivity index (χ3n) is 2.98. The minimum Gasteiger partial charge on any atom is -0.456 e. The van der Waals surface area contributed by atoms with Crippen LogP contribution in [0.3, 0.4) is 0 Å². The molecule has 0 radical (unpaired) electrons. The Labute approximate surface area is 100 Å². The van der Waals surface area contributed by atoms with Gasteiger partial charge in [0.1, 0.15) is 5.76 Å². The molecule has 4 heteroatoms. The van der Waals surface area contributed by atoms with Crippen molar-refractivity contribution in [2.75, 3.05) is 19.0 Å². The van der Waals surface area contributed by atoms with Crippen molar-refractivity contribution < 1.29 is 9.21 Å². The number of hydrogen-bond acceptors (Lipinski definition) is 2. The normalized spacial score (nSPS) is 21.1. The SMILES string of the molecule is Cc1ccc(C(=O)N2CCCC(CCl)C2)o1. The summed E-state index contributed by atoms with van der Waals surface area (Å²) in [6.07, 6.45) is 2.15. The van der Waals surface area contributed by atoms with Crippen LogP contribution in [0.15, 0.2) is 16.5 Å². The van der Waals surface area contributed by atoms with Crippen LogP contribution in [0, 0.1) is 12.8 Å². The Bertz CT molecular complexity index is 375. The van der Waals surface area contributed by atoms with Crippen LogP contribution < -0.4 is 0 Å². The number of rotatable bonds is 2. The molecule has 1 fully saturated rings. The minimum atomic E-state index is -0.0112. The molecule has 0 aliphatic carbocycles. The molecule has 0 bridgehead atoms. The summed E-state index contributed by atoms with van der Waals surface area (Å²) in [6, 6.07) is 3.55. The monoisotopic (exact) mass is 241 g/mol. The van der Waals surface area contributed by atoms with Crippen LogP contribution in [0.5, 0.6) is 0 Å². The number of hydrogen-bond donors (Lipinski definition) is 0. The Balaban J connectivity index is 2.04. The fourth-order valence-electron chi connectivity index (χ4n) is 2.08. The molecule has 88 valence electrons. The molecule has 1 unspecified atom stereocenters. The number of carbonyl (C=O) groups is 1. The lowest BCUT2D eigenvalue weighted by Crippen LogP contribution is -2.40. The number of carbonyl (C=O) groups excluding carboxylic acids is 1. The van der Waals surface area contributed by atoms with Crippen LogP contribution in [0.2, 0.25) is 0 Å². The van der Waals surface area contributed by atoms with Crippen molar-refractivity contribution in [1.82, 2.24) is 4.90 Å². The molecule has 1 saturated heterocycles. The first-order valence-corrected chi connectivity index (χ1v) is 6.16. The first-order chi connectivity index (χ1) is 7.70. The van der Waals surface area contributed by atoms with Crippen LogP contribution in [-0.2, 0) is 0 Å². The van der Waals surface area contributed by atoms with E-state index in [2.05, 4.69) is 0 Å². The molecule has 0 saturated carbocycles. The van der Waals surface area contributed by atoms with Gasteiger partial charge in [-0.2, -0.15) is 0 Å². The van der Waals surface area contributed by atoms with Crippen molar-refractivity contribution >= 4 is 17.5 Å². The van der Waals surface area contributed by atoms with Crippen molar-refractivity contribution in [2.45, 2.75) is 19.8 Å². The lowest BCUT2D eigenvalue weighted by Gasteiger charge is -2.31. The molecule has 1 amide bonds. The highest BCUT2D eigenvalue weighted by Crippen LogP contribution is 2.20. The third kappa shape index (κ3) is 2.40. The quantitative estimate of drug-likeness (QED) is 0.746. The van der Waals surface area contributed by atoms with Gasteiger partial charge in [-0.15, -0.1) is 11.6 Å². The second-order valence-corrected chi connectivity index (χ2v) is 4.63. The highest BCUT2D eigenvalue weighted by Gasteiger charge is 2.25. The maximum Gasteiger partial charge on any atom is 0.289 e. The summed E-state index contributed by atoms with van der Waals surface area (Å²) in [5.74, 6) is 2.25. The predicted molar refractivity (Wildman–Crippen MR) is 62.8 cm³/mol. The Morgan fingerprint density at radius 1 is 1.62 bits per heavy atom. The van der Waals surface area contributed by atoms with Crippen molar-refractivity contribution in [3.05, 3.63) is 23.7 Å². The molecule has 16 heavy (non-hydrogen) atoms. The second kappa shape index (κ2) is 4.91. The van der Waals surface area contributed by atoms with E-state index in [1.165, 1.54) is 0 Å². The topological polar surface area (TPSA) is 33.5 Å². The van der Waals surface area contributed by atoms with Gasteiger partial charge in [0.25, 0.3) is 5.91 Å². The lowest BCUT2D eigenvalue weighted by molar-refractivity contribution is 0.0651. The van der Waals surface area contributed by atoms with E-state index in [-0.39, 0.29) is 5.91 Å². The van der Waals surface area contributed by atoms with E-state index in [0.29, 0.717) is 17.6 Å². The first kappa shape index (κ1) is 11.5. The molecule has 1 aliphatic heterocycles. The highest BCUT2D eigenvalue weighted by atomic mass is 35.5. The number of aryl methyl sites for hydroxylation is 1. The Kier molecular flexibility index (Phi) is 3.54. The van der Waals surface area contributed by atoms with Gasteiger partial charge in [0.2, 0.25) is 0 Å². The maximum absolute atomic E-state index is 12.1. The molecule has 1 aliphatic rings. The van der Waals surface area contributed by atoms with E-state index in [1.807, 2.05) is 17.9 Å². The van der Waals surface area contributed by atoms with Gasteiger partial charge in [0.05, 0.1) is 0 Å². The van der Waals surface area contributed by atoms with E-state index in [9.17, 15) is 4.79 Å². The smallest absolute Gasteiger partial charge is 0.289 e. The van der Waals surface area contributed by atoms with Gasteiger partial charge >= 0.3 is 0 Å². The zero-order chi connectivity index (χ0) is 11.5. The number of amides is 1. The standard InChI is InChI=1S/C12H16ClNO2/c1-9-4-5-11(16-9)12(15)14-6-2-3-10(7-13)8-14/h4-5,10H,2-3,6-8H2,1H3. The molecule has 0 spiro atoms. The largest absolute Gasteiger partial charge is 0.456 e. The van der Waals surface area contributed by atoms with E-state index in [0.717, 1.165) is 31.7 Å². The van der Waals surface area contributed by atoms with Gasteiger partial charge in [-0.05, 0) is 37.8 Å². The van der Waals surface area contributed by atoms with Gasteiger partial charge in [-0.3, -0.25) is 4.79 Å². The van der Waals surface area contributed by atoms with Gasteiger partial charge in [0.15, 0.2) is 5.76 Å². The van der Waals surface area contributed by atoms with E-state index in [4.69, 9.17) is 16.0 Å². The average molecular weight is 242 g/mol. The van der Waals surface area contributed by atoms with Crippen LogP contribution in [0.4, 0.5) is 0 Å². The number of halogens is 1. The zero-order valence-corrected chi connectivity index (χ0v) is 10.2. The summed E-state index contributed by atoms with van der Waals surface area (Å²) in [5, 5.41) is 0. The van der Waals surface area contributed by atoms with Crippen LogP contribution >= 0.6 is 11.6 Å². The fourth-order valence-corrected chi connectivity index (χ4v) is 2.33. The molecule has 2 rings (SSSR count). The molecule has 1 aromatic heterocycles. The number of alkyl halides is 1. The third-order valence-corrected chi connectivity index (χ3v) is 3.41. The second-order valence-electron chi connectivity index (χ2n) is 4.32. The summed E-state index contributed by atoms with van der Waals surface area (Å²) in [4.78, 5) is 13.9. The molecular formula is C12H16ClNO2. The van der Waals surface area contributed by atoms with Gasteiger partial charge < -0.3 is 9.32 Å². The van der Waals surface area contributed by atoms with E-state index in [1.54, 1.807) is 6.07 Å². The molecule has 1 atom stereocenters. The highest BCUT2D eigenvalue weighted by molar-refractivity contribution is 6.18. The van der Waals surface area contributed by atoms with E-state index < -0.39 is 0 Å². The summed E-state index contributed by atoms with van der Waals surface area (Å²) in [6.45, 7) is 3.41. The molecule has 3 nitrogen and oxygen atoms in total. The fraction of sp³-hybridized carbons (Fsp3) is 0.583.